The van der Waals surface area contributed by atoms with E-state index in [-0.39, 0.29) is 0 Å². The normalized spacial score (nSPS) is 10.7. The Hall–Kier alpha value is -1.32. The quantitative estimate of drug-likeness (QED) is 0.653. The Bertz CT molecular complexity index is 540. The van der Waals surface area contributed by atoms with Crippen LogP contribution in [0.5, 0.6) is 0 Å². The summed E-state index contributed by atoms with van der Waals surface area (Å²) in [4.78, 5) is 0. The van der Waals surface area contributed by atoms with Crippen LogP contribution in [0.4, 0.5) is 5.69 Å². The average Bonchev–Trinajstić information content (AvgIpc) is 2.32. The fourth-order valence-electron chi connectivity index (χ4n) is 1.31. The summed E-state index contributed by atoms with van der Waals surface area (Å²) in [7, 11) is 0. The number of hydrogen-bond acceptors (Lipinski definition) is 2. The van der Waals surface area contributed by atoms with Gasteiger partial charge in [0.05, 0.1) is 11.9 Å². The molecule has 2 nitrogen and oxygen atoms in total. The number of halogens is 2. The van der Waals surface area contributed by atoms with E-state index in [9.17, 15) is 0 Å². The highest BCUT2D eigenvalue weighted by Gasteiger charge is 1.94. The molecule has 0 saturated heterocycles. The van der Waals surface area contributed by atoms with Crippen molar-refractivity contribution in [3.8, 4) is 0 Å². The smallest absolute Gasteiger partial charge is 0.0576 e. The summed E-state index contributed by atoms with van der Waals surface area (Å²) in [6.45, 7) is 0. The number of rotatable bonds is 3. The third-order valence-corrected chi connectivity index (χ3v) is 3.08. The summed E-state index contributed by atoms with van der Waals surface area (Å²) in [6.07, 6.45) is 1.75. The van der Waals surface area contributed by atoms with Gasteiger partial charge in [-0.15, -0.1) is 0 Å². The van der Waals surface area contributed by atoms with Crippen LogP contribution in [0, 0.1) is 0 Å². The zero-order valence-corrected chi connectivity index (χ0v) is 11.2. The molecule has 0 saturated carbocycles. The molecule has 0 aliphatic heterocycles. The van der Waals surface area contributed by atoms with E-state index in [4.69, 9.17) is 11.6 Å². The first-order valence-corrected chi connectivity index (χ1v) is 6.22. The first kappa shape index (κ1) is 12.1. The summed E-state index contributed by atoms with van der Waals surface area (Å²) < 4.78 is 1.01. The molecule has 0 amide bonds. The fraction of sp³-hybridized carbons (Fsp3) is 0. The maximum absolute atomic E-state index is 5.87. The molecule has 0 atom stereocenters. The van der Waals surface area contributed by atoms with Crippen molar-refractivity contribution in [2.75, 3.05) is 5.43 Å². The molecule has 0 unspecified atom stereocenters. The summed E-state index contributed by atoms with van der Waals surface area (Å²) >= 11 is 9.32. The topological polar surface area (TPSA) is 24.4 Å². The maximum Gasteiger partial charge on any atom is 0.0576 e. The van der Waals surface area contributed by atoms with Gasteiger partial charge in [0.1, 0.15) is 0 Å². The van der Waals surface area contributed by atoms with E-state index in [0.717, 1.165) is 15.7 Å². The second kappa shape index (κ2) is 5.84. The average molecular weight is 310 g/mol. The Morgan fingerprint density at radius 1 is 1.12 bits per heavy atom. The molecular formula is C13H10BrClN2. The molecule has 0 bridgehead atoms. The Balaban J connectivity index is 2.06. The van der Waals surface area contributed by atoms with Gasteiger partial charge in [0.25, 0.3) is 0 Å². The molecular weight excluding hydrogens is 300 g/mol. The Labute approximate surface area is 113 Å². The molecule has 17 heavy (non-hydrogen) atoms. The standard InChI is InChI=1S/C13H10BrClN2/c14-13-7-2-1-4-10(13)9-16-17-12-6-3-5-11(15)8-12/h1-9,17H. The largest absolute Gasteiger partial charge is 0.278 e. The number of nitrogens with one attached hydrogen (secondary N) is 1. The van der Waals surface area contributed by atoms with Gasteiger partial charge >= 0.3 is 0 Å². The van der Waals surface area contributed by atoms with Crippen molar-refractivity contribution >= 4 is 39.4 Å². The molecule has 0 aliphatic carbocycles. The number of benzene rings is 2. The van der Waals surface area contributed by atoms with E-state index in [1.807, 2.05) is 48.5 Å². The Kier molecular flexibility index (Phi) is 4.18. The third-order valence-electron chi connectivity index (χ3n) is 2.13. The SMILES string of the molecule is Clc1cccc(NN=Cc2ccccc2Br)c1. The van der Waals surface area contributed by atoms with Crippen molar-refractivity contribution in [3.63, 3.8) is 0 Å². The highest BCUT2D eigenvalue weighted by molar-refractivity contribution is 9.10. The lowest BCUT2D eigenvalue weighted by molar-refractivity contribution is 1.35. The van der Waals surface area contributed by atoms with Gasteiger partial charge in [0.15, 0.2) is 0 Å². The molecule has 2 rings (SSSR count). The summed E-state index contributed by atoms with van der Waals surface area (Å²) in [6, 6.07) is 15.3. The van der Waals surface area contributed by atoms with Crippen LogP contribution in [-0.4, -0.2) is 6.21 Å². The summed E-state index contributed by atoms with van der Waals surface area (Å²) in [5.41, 5.74) is 4.80. The number of hydrazone groups is 1. The molecule has 4 heteroatoms. The molecule has 0 heterocycles. The molecule has 0 spiro atoms. The van der Waals surface area contributed by atoms with E-state index in [1.165, 1.54) is 0 Å². The predicted octanol–water partition coefficient (Wildman–Crippen LogP) is 4.55. The minimum Gasteiger partial charge on any atom is -0.278 e. The van der Waals surface area contributed by atoms with Crippen molar-refractivity contribution in [2.45, 2.75) is 0 Å². The number of nitrogens with zero attached hydrogens (tertiary/aromatic N) is 1. The van der Waals surface area contributed by atoms with E-state index in [0.29, 0.717) is 5.02 Å². The van der Waals surface area contributed by atoms with Crippen molar-refractivity contribution in [1.29, 1.82) is 0 Å². The zero-order chi connectivity index (χ0) is 12.1. The van der Waals surface area contributed by atoms with Gasteiger partial charge in [-0.2, -0.15) is 5.10 Å². The number of hydrogen-bond donors (Lipinski definition) is 1. The molecule has 0 radical (unpaired) electrons. The molecule has 0 aliphatic rings. The lowest BCUT2D eigenvalue weighted by Crippen LogP contribution is -1.90. The highest BCUT2D eigenvalue weighted by atomic mass is 79.9. The third kappa shape index (κ3) is 3.58. The van der Waals surface area contributed by atoms with E-state index in [1.54, 1.807) is 6.21 Å². The first-order valence-electron chi connectivity index (χ1n) is 5.05. The highest BCUT2D eigenvalue weighted by Crippen LogP contribution is 2.16. The van der Waals surface area contributed by atoms with Crippen LogP contribution in [0.25, 0.3) is 0 Å². The van der Waals surface area contributed by atoms with Crippen LogP contribution in [0.3, 0.4) is 0 Å². The van der Waals surface area contributed by atoms with Crippen LogP contribution < -0.4 is 5.43 Å². The minimum atomic E-state index is 0.686. The van der Waals surface area contributed by atoms with Gasteiger partial charge < -0.3 is 0 Å². The molecule has 2 aromatic carbocycles. The lowest BCUT2D eigenvalue weighted by Gasteiger charge is -2.00. The van der Waals surface area contributed by atoms with Gasteiger partial charge in [-0.05, 0) is 24.3 Å². The van der Waals surface area contributed by atoms with Crippen LogP contribution in [0.2, 0.25) is 5.02 Å². The first-order chi connectivity index (χ1) is 8.25. The number of anilines is 1. The zero-order valence-electron chi connectivity index (χ0n) is 8.90. The van der Waals surface area contributed by atoms with Crippen LogP contribution in [-0.2, 0) is 0 Å². The predicted molar refractivity (Wildman–Crippen MR) is 76.8 cm³/mol. The van der Waals surface area contributed by atoms with Crippen LogP contribution in [0.1, 0.15) is 5.56 Å². The van der Waals surface area contributed by atoms with Crippen LogP contribution >= 0.6 is 27.5 Å². The second-order valence-corrected chi connectivity index (χ2v) is 4.69. The van der Waals surface area contributed by atoms with E-state index < -0.39 is 0 Å². The molecule has 0 fully saturated rings. The molecule has 2 aromatic rings. The van der Waals surface area contributed by atoms with Gasteiger partial charge in [0, 0.05) is 15.1 Å². The van der Waals surface area contributed by atoms with Crippen molar-refractivity contribution in [2.24, 2.45) is 5.10 Å². The molecule has 0 aromatic heterocycles. The Morgan fingerprint density at radius 2 is 1.94 bits per heavy atom. The monoisotopic (exact) mass is 308 g/mol. The maximum atomic E-state index is 5.87. The van der Waals surface area contributed by atoms with Crippen molar-refractivity contribution in [1.82, 2.24) is 0 Å². The van der Waals surface area contributed by atoms with E-state index >= 15 is 0 Å². The van der Waals surface area contributed by atoms with Gasteiger partial charge in [-0.3, -0.25) is 5.43 Å². The molecule has 86 valence electrons. The summed E-state index contributed by atoms with van der Waals surface area (Å²) in [5.74, 6) is 0. The fourth-order valence-corrected chi connectivity index (χ4v) is 1.89. The summed E-state index contributed by atoms with van der Waals surface area (Å²) in [5, 5.41) is 4.84. The second-order valence-electron chi connectivity index (χ2n) is 3.40. The van der Waals surface area contributed by atoms with E-state index in [2.05, 4.69) is 26.5 Å². The lowest BCUT2D eigenvalue weighted by atomic mass is 10.2. The van der Waals surface area contributed by atoms with Crippen LogP contribution in [0.15, 0.2) is 58.1 Å². The van der Waals surface area contributed by atoms with Crippen molar-refractivity contribution < 1.29 is 0 Å². The van der Waals surface area contributed by atoms with Gasteiger partial charge in [-0.1, -0.05) is 51.8 Å². The minimum absolute atomic E-state index is 0.686. The van der Waals surface area contributed by atoms with Gasteiger partial charge in [0.2, 0.25) is 0 Å². The molecule has 1 N–H and O–H groups in total. The Morgan fingerprint density at radius 3 is 2.71 bits per heavy atom. The van der Waals surface area contributed by atoms with Gasteiger partial charge in [-0.25, -0.2) is 0 Å². The van der Waals surface area contributed by atoms with Crippen molar-refractivity contribution in [3.05, 3.63) is 63.6 Å².